The minimum Gasteiger partial charge on any atom is -0.309 e. The molecule has 0 unspecified atom stereocenters. The number of nitrogens with one attached hydrogen (secondary N) is 1. The Labute approximate surface area is 111 Å². The van der Waals surface area contributed by atoms with Gasteiger partial charge in [-0.2, -0.15) is 0 Å². The maximum atomic E-state index is 3.86. The van der Waals surface area contributed by atoms with Crippen molar-refractivity contribution in [2.24, 2.45) is 11.8 Å². The molecule has 0 aromatic heterocycles. The molecule has 2 saturated carbocycles. The Bertz CT molecular complexity index is 359. The van der Waals surface area contributed by atoms with E-state index in [1.165, 1.54) is 49.7 Å². The van der Waals surface area contributed by atoms with Gasteiger partial charge in [-0.05, 0) is 50.0 Å². The summed E-state index contributed by atoms with van der Waals surface area (Å²) in [7, 11) is 0. The van der Waals surface area contributed by atoms with Gasteiger partial charge in [0.05, 0.1) is 0 Å². The Hall–Kier alpha value is -0.820. The molecule has 1 aromatic carbocycles. The first kappa shape index (κ1) is 12.2. The Morgan fingerprint density at radius 3 is 2.00 bits per heavy atom. The summed E-state index contributed by atoms with van der Waals surface area (Å²) in [5.41, 5.74) is 2.79. The first-order chi connectivity index (χ1) is 8.83. The molecule has 0 bridgehead atoms. The molecular formula is C17H25N. The standard InChI is InChI=1S/C17H25N/c1-13-8-10-14(11-9-13)12-18-17(15-4-2-5-15)16-6-3-7-16/h8-11,15-18H,2-7,12H2,1H3. The van der Waals surface area contributed by atoms with Gasteiger partial charge in [0, 0.05) is 12.6 Å². The molecule has 0 radical (unpaired) electrons. The molecule has 0 heterocycles. The fourth-order valence-corrected chi connectivity index (χ4v) is 3.26. The SMILES string of the molecule is Cc1ccc(CNC(C2CCC2)C2CCC2)cc1. The molecule has 1 aromatic rings. The number of rotatable bonds is 5. The van der Waals surface area contributed by atoms with Crippen LogP contribution in [0.3, 0.4) is 0 Å². The molecule has 1 nitrogen and oxygen atoms in total. The third-order valence-electron chi connectivity index (χ3n) is 4.98. The minimum absolute atomic E-state index is 0.800. The van der Waals surface area contributed by atoms with Crippen molar-refractivity contribution in [1.82, 2.24) is 5.32 Å². The molecular weight excluding hydrogens is 218 g/mol. The third-order valence-corrected chi connectivity index (χ3v) is 4.98. The van der Waals surface area contributed by atoms with E-state index in [2.05, 4.69) is 36.5 Å². The van der Waals surface area contributed by atoms with E-state index in [4.69, 9.17) is 0 Å². The topological polar surface area (TPSA) is 12.0 Å². The van der Waals surface area contributed by atoms with Crippen LogP contribution in [-0.2, 0) is 6.54 Å². The molecule has 2 fully saturated rings. The van der Waals surface area contributed by atoms with Crippen LogP contribution in [0.2, 0.25) is 0 Å². The van der Waals surface area contributed by atoms with Crippen LogP contribution in [-0.4, -0.2) is 6.04 Å². The number of benzene rings is 1. The van der Waals surface area contributed by atoms with Crippen LogP contribution in [0, 0.1) is 18.8 Å². The molecule has 3 rings (SSSR count). The summed E-state index contributed by atoms with van der Waals surface area (Å²) in [5.74, 6) is 1.95. The fourth-order valence-electron chi connectivity index (χ4n) is 3.26. The summed E-state index contributed by atoms with van der Waals surface area (Å²) in [4.78, 5) is 0. The molecule has 18 heavy (non-hydrogen) atoms. The van der Waals surface area contributed by atoms with Crippen LogP contribution < -0.4 is 5.32 Å². The van der Waals surface area contributed by atoms with Crippen LogP contribution >= 0.6 is 0 Å². The predicted octanol–water partition coefficient (Wildman–Crippen LogP) is 4.05. The molecule has 0 atom stereocenters. The molecule has 2 aliphatic carbocycles. The molecule has 0 aliphatic heterocycles. The summed E-state index contributed by atoms with van der Waals surface area (Å²) in [6.07, 6.45) is 8.76. The number of hydrogen-bond donors (Lipinski definition) is 1. The molecule has 0 saturated heterocycles. The average molecular weight is 243 g/mol. The Morgan fingerprint density at radius 2 is 1.56 bits per heavy atom. The maximum absolute atomic E-state index is 3.86. The normalized spacial score (nSPS) is 20.8. The van der Waals surface area contributed by atoms with Crippen molar-refractivity contribution in [3.8, 4) is 0 Å². The molecule has 0 spiro atoms. The zero-order valence-corrected chi connectivity index (χ0v) is 11.5. The highest BCUT2D eigenvalue weighted by Crippen LogP contribution is 2.40. The Morgan fingerprint density at radius 1 is 1.00 bits per heavy atom. The van der Waals surface area contributed by atoms with E-state index in [0.717, 1.165) is 24.4 Å². The minimum atomic E-state index is 0.800. The molecule has 1 N–H and O–H groups in total. The first-order valence-corrected chi connectivity index (χ1v) is 7.62. The van der Waals surface area contributed by atoms with Gasteiger partial charge in [0.2, 0.25) is 0 Å². The maximum Gasteiger partial charge on any atom is 0.0208 e. The second-order valence-corrected chi connectivity index (χ2v) is 6.27. The van der Waals surface area contributed by atoms with Gasteiger partial charge in [-0.15, -0.1) is 0 Å². The lowest BCUT2D eigenvalue weighted by molar-refractivity contribution is 0.122. The largest absolute Gasteiger partial charge is 0.309 e. The van der Waals surface area contributed by atoms with Crippen molar-refractivity contribution in [2.45, 2.75) is 58.0 Å². The van der Waals surface area contributed by atoms with E-state index < -0.39 is 0 Å². The van der Waals surface area contributed by atoms with Crippen molar-refractivity contribution < 1.29 is 0 Å². The van der Waals surface area contributed by atoms with Crippen molar-refractivity contribution in [2.75, 3.05) is 0 Å². The first-order valence-electron chi connectivity index (χ1n) is 7.62. The number of hydrogen-bond acceptors (Lipinski definition) is 1. The molecule has 98 valence electrons. The van der Waals surface area contributed by atoms with Crippen LogP contribution in [0.15, 0.2) is 24.3 Å². The highest BCUT2D eigenvalue weighted by atomic mass is 14.9. The van der Waals surface area contributed by atoms with Gasteiger partial charge in [-0.1, -0.05) is 42.7 Å². The van der Waals surface area contributed by atoms with E-state index in [9.17, 15) is 0 Å². The van der Waals surface area contributed by atoms with Crippen molar-refractivity contribution in [1.29, 1.82) is 0 Å². The Balaban J connectivity index is 1.56. The second-order valence-electron chi connectivity index (χ2n) is 6.27. The molecule has 0 amide bonds. The van der Waals surface area contributed by atoms with Crippen molar-refractivity contribution in [3.05, 3.63) is 35.4 Å². The third kappa shape index (κ3) is 2.61. The van der Waals surface area contributed by atoms with Gasteiger partial charge in [0.1, 0.15) is 0 Å². The lowest BCUT2D eigenvalue weighted by Crippen LogP contribution is -2.46. The van der Waals surface area contributed by atoms with Gasteiger partial charge >= 0.3 is 0 Å². The van der Waals surface area contributed by atoms with Crippen molar-refractivity contribution >= 4 is 0 Å². The summed E-state index contributed by atoms with van der Waals surface area (Å²) in [6.45, 7) is 3.21. The highest BCUT2D eigenvalue weighted by Gasteiger charge is 2.35. The zero-order chi connectivity index (χ0) is 12.4. The summed E-state index contributed by atoms with van der Waals surface area (Å²) in [6, 6.07) is 9.77. The average Bonchev–Trinajstić information content (AvgIpc) is 2.23. The van der Waals surface area contributed by atoms with Crippen molar-refractivity contribution in [3.63, 3.8) is 0 Å². The van der Waals surface area contributed by atoms with Gasteiger partial charge in [-0.25, -0.2) is 0 Å². The van der Waals surface area contributed by atoms with Crippen LogP contribution in [0.1, 0.15) is 49.7 Å². The quantitative estimate of drug-likeness (QED) is 0.822. The lowest BCUT2D eigenvalue weighted by atomic mass is 9.68. The Kier molecular flexibility index (Phi) is 3.69. The van der Waals surface area contributed by atoms with E-state index in [1.807, 2.05) is 0 Å². The molecule has 1 heteroatoms. The van der Waals surface area contributed by atoms with E-state index in [1.54, 1.807) is 0 Å². The summed E-state index contributed by atoms with van der Waals surface area (Å²) >= 11 is 0. The van der Waals surface area contributed by atoms with Gasteiger partial charge in [-0.3, -0.25) is 0 Å². The zero-order valence-electron chi connectivity index (χ0n) is 11.5. The van der Waals surface area contributed by atoms with E-state index in [0.29, 0.717) is 0 Å². The van der Waals surface area contributed by atoms with E-state index in [-0.39, 0.29) is 0 Å². The van der Waals surface area contributed by atoms with Gasteiger partial charge in [0.25, 0.3) is 0 Å². The van der Waals surface area contributed by atoms with Crippen LogP contribution in [0.4, 0.5) is 0 Å². The van der Waals surface area contributed by atoms with Gasteiger partial charge in [0.15, 0.2) is 0 Å². The smallest absolute Gasteiger partial charge is 0.0208 e. The van der Waals surface area contributed by atoms with Crippen LogP contribution in [0.5, 0.6) is 0 Å². The fraction of sp³-hybridized carbons (Fsp3) is 0.647. The van der Waals surface area contributed by atoms with Gasteiger partial charge < -0.3 is 5.32 Å². The van der Waals surface area contributed by atoms with E-state index >= 15 is 0 Å². The molecule has 2 aliphatic rings. The monoisotopic (exact) mass is 243 g/mol. The summed E-state index contributed by atoms with van der Waals surface area (Å²) in [5, 5.41) is 3.86. The summed E-state index contributed by atoms with van der Waals surface area (Å²) < 4.78 is 0. The predicted molar refractivity (Wildman–Crippen MR) is 76.5 cm³/mol. The highest BCUT2D eigenvalue weighted by molar-refractivity contribution is 5.21. The lowest BCUT2D eigenvalue weighted by Gasteiger charge is -2.43. The number of aryl methyl sites for hydroxylation is 1. The second kappa shape index (κ2) is 5.44. The van der Waals surface area contributed by atoms with Crippen LogP contribution in [0.25, 0.3) is 0 Å².